The van der Waals surface area contributed by atoms with E-state index in [4.69, 9.17) is 5.11 Å². The number of likely N-dealkylation sites (tertiary alicyclic amines) is 1. The van der Waals surface area contributed by atoms with Crippen LogP contribution in [0.5, 0.6) is 0 Å². The first-order valence-electron chi connectivity index (χ1n) is 8.47. The molecule has 2 fully saturated rings. The van der Waals surface area contributed by atoms with E-state index in [1.807, 2.05) is 0 Å². The average molecular weight is 288 g/mol. The summed E-state index contributed by atoms with van der Waals surface area (Å²) in [5, 5.41) is 12.6. The maximum absolute atomic E-state index is 8.94. The van der Waals surface area contributed by atoms with Gasteiger partial charge in [-0.05, 0) is 43.2 Å². The van der Waals surface area contributed by atoms with Crippen molar-refractivity contribution in [1.82, 2.24) is 10.2 Å². The predicted octanol–water partition coefficient (Wildman–Crippen LogP) is 2.26. The summed E-state index contributed by atoms with van der Waals surface area (Å²) in [6.07, 6.45) is 4.94. The second kappa shape index (κ2) is 7.39. The highest BCUT2D eigenvalue weighted by Gasteiger charge is 2.39. The number of benzene rings is 1. The molecule has 2 N–H and O–H groups in total. The highest BCUT2D eigenvalue weighted by Crippen LogP contribution is 2.36. The quantitative estimate of drug-likeness (QED) is 0.788. The minimum atomic E-state index is 0.300. The third kappa shape index (κ3) is 3.85. The van der Waals surface area contributed by atoms with E-state index in [0.29, 0.717) is 12.6 Å². The predicted molar refractivity (Wildman–Crippen MR) is 86.0 cm³/mol. The smallest absolute Gasteiger partial charge is 0.0443 e. The van der Waals surface area contributed by atoms with Gasteiger partial charge in [-0.2, -0.15) is 0 Å². The van der Waals surface area contributed by atoms with Crippen molar-refractivity contribution in [3.8, 4) is 0 Å². The molecule has 0 amide bonds. The van der Waals surface area contributed by atoms with Gasteiger partial charge in [0, 0.05) is 32.3 Å². The molecular formula is C18H28N2O. The van der Waals surface area contributed by atoms with E-state index in [0.717, 1.165) is 31.3 Å². The van der Waals surface area contributed by atoms with Gasteiger partial charge in [-0.3, -0.25) is 4.90 Å². The Kier molecular flexibility index (Phi) is 5.28. The summed E-state index contributed by atoms with van der Waals surface area (Å²) in [5.41, 5.74) is 1.43. The van der Waals surface area contributed by atoms with Crippen LogP contribution in [-0.4, -0.2) is 42.3 Å². The highest BCUT2D eigenvalue weighted by molar-refractivity contribution is 5.15. The summed E-state index contributed by atoms with van der Waals surface area (Å²) in [6.45, 7) is 4.85. The lowest BCUT2D eigenvalue weighted by atomic mass is 9.78. The van der Waals surface area contributed by atoms with Gasteiger partial charge in [0.1, 0.15) is 0 Å². The minimum absolute atomic E-state index is 0.300. The van der Waals surface area contributed by atoms with Crippen molar-refractivity contribution in [2.75, 3.05) is 26.2 Å². The van der Waals surface area contributed by atoms with Crippen molar-refractivity contribution in [2.24, 2.45) is 11.8 Å². The lowest BCUT2D eigenvalue weighted by Crippen LogP contribution is -2.43. The summed E-state index contributed by atoms with van der Waals surface area (Å²) < 4.78 is 0. The molecule has 1 aromatic carbocycles. The van der Waals surface area contributed by atoms with E-state index in [1.54, 1.807) is 0 Å². The number of hydrogen-bond donors (Lipinski definition) is 2. The van der Waals surface area contributed by atoms with E-state index < -0.39 is 0 Å². The van der Waals surface area contributed by atoms with Crippen LogP contribution in [0.15, 0.2) is 30.3 Å². The van der Waals surface area contributed by atoms with Gasteiger partial charge in [0.05, 0.1) is 0 Å². The SMILES string of the molecule is OCCCNC1CCCC2CN(Cc3ccccc3)CC21. The first-order valence-corrected chi connectivity index (χ1v) is 8.47. The topological polar surface area (TPSA) is 35.5 Å². The Balaban J connectivity index is 1.55. The molecule has 1 aromatic rings. The van der Waals surface area contributed by atoms with Crippen molar-refractivity contribution in [3.63, 3.8) is 0 Å². The standard InChI is InChI=1S/C18H28N2O/c21-11-5-10-19-18-9-4-8-16-13-20(14-17(16)18)12-15-6-2-1-3-7-15/h1-3,6-7,16-19,21H,4-5,8-14H2. The lowest BCUT2D eigenvalue weighted by Gasteiger charge is -2.33. The zero-order chi connectivity index (χ0) is 14.5. The number of rotatable bonds is 6. The number of nitrogens with one attached hydrogen (secondary N) is 1. The van der Waals surface area contributed by atoms with Crippen LogP contribution in [0.3, 0.4) is 0 Å². The molecule has 1 heterocycles. The monoisotopic (exact) mass is 288 g/mol. The summed E-state index contributed by atoms with van der Waals surface area (Å²) in [5.74, 6) is 1.68. The van der Waals surface area contributed by atoms with Crippen LogP contribution in [0.2, 0.25) is 0 Å². The van der Waals surface area contributed by atoms with Crippen molar-refractivity contribution in [2.45, 2.75) is 38.3 Å². The fraction of sp³-hybridized carbons (Fsp3) is 0.667. The second-order valence-corrected chi connectivity index (χ2v) is 6.67. The molecule has 1 aliphatic carbocycles. The van der Waals surface area contributed by atoms with Crippen LogP contribution in [0.4, 0.5) is 0 Å². The number of fused-ring (bicyclic) bond motifs is 1. The van der Waals surface area contributed by atoms with E-state index in [-0.39, 0.29) is 0 Å². The Morgan fingerprint density at radius 1 is 1.14 bits per heavy atom. The summed E-state index contributed by atoms with van der Waals surface area (Å²) >= 11 is 0. The number of aliphatic hydroxyl groups excluding tert-OH is 1. The Hall–Kier alpha value is -0.900. The number of aliphatic hydroxyl groups is 1. The molecule has 0 bridgehead atoms. The molecular weight excluding hydrogens is 260 g/mol. The van der Waals surface area contributed by atoms with Gasteiger partial charge in [-0.1, -0.05) is 36.8 Å². The maximum Gasteiger partial charge on any atom is 0.0443 e. The zero-order valence-corrected chi connectivity index (χ0v) is 12.9. The van der Waals surface area contributed by atoms with E-state index >= 15 is 0 Å². The Bertz CT molecular complexity index is 422. The van der Waals surface area contributed by atoms with E-state index in [2.05, 4.69) is 40.5 Å². The van der Waals surface area contributed by atoms with E-state index in [9.17, 15) is 0 Å². The molecule has 3 rings (SSSR count). The largest absolute Gasteiger partial charge is 0.396 e. The Morgan fingerprint density at radius 3 is 2.81 bits per heavy atom. The van der Waals surface area contributed by atoms with Crippen LogP contribution < -0.4 is 5.32 Å². The third-order valence-corrected chi connectivity index (χ3v) is 5.16. The Labute approximate surface area is 128 Å². The van der Waals surface area contributed by atoms with Crippen LogP contribution in [0, 0.1) is 11.8 Å². The molecule has 3 atom stereocenters. The molecule has 3 heteroatoms. The average Bonchev–Trinajstić information content (AvgIpc) is 2.92. The maximum atomic E-state index is 8.94. The van der Waals surface area contributed by atoms with Crippen LogP contribution in [0.1, 0.15) is 31.2 Å². The molecule has 1 saturated heterocycles. The van der Waals surface area contributed by atoms with Gasteiger partial charge in [0.2, 0.25) is 0 Å². The fourth-order valence-corrected chi connectivity index (χ4v) is 4.15. The molecule has 0 radical (unpaired) electrons. The highest BCUT2D eigenvalue weighted by atomic mass is 16.3. The number of hydrogen-bond acceptors (Lipinski definition) is 3. The van der Waals surface area contributed by atoms with Gasteiger partial charge >= 0.3 is 0 Å². The first-order chi connectivity index (χ1) is 10.4. The first kappa shape index (κ1) is 15.0. The molecule has 1 saturated carbocycles. The Morgan fingerprint density at radius 2 is 2.00 bits per heavy atom. The molecule has 1 aliphatic heterocycles. The normalized spacial score (nSPS) is 29.5. The van der Waals surface area contributed by atoms with Gasteiger partial charge in [0.25, 0.3) is 0 Å². The van der Waals surface area contributed by atoms with Crippen molar-refractivity contribution < 1.29 is 5.11 Å². The van der Waals surface area contributed by atoms with Gasteiger partial charge in [0.15, 0.2) is 0 Å². The summed E-state index contributed by atoms with van der Waals surface area (Å²) in [7, 11) is 0. The van der Waals surface area contributed by atoms with Crippen molar-refractivity contribution in [3.05, 3.63) is 35.9 Å². The zero-order valence-electron chi connectivity index (χ0n) is 12.9. The van der Waals surface area contributed by atoms with E-state index in [1.165, 1.54) is 37.9 Å². The van der Waals surface area contributed by atoms with Crippen LogP contribution in [-0.2, 0) is 6.54 Å². The molecule has 21 heavy (non-hydrogen) atoms. The van der Waals surface area contributed by atoms with Gasteiger partial charge in [-0.15, -0.1) is 0 Å². The molecule has 116 valence electrons. The summed E-state index contributed by atoms with van der Waals surface area (Å²) in [4.78, 5) is 2.64. The third-order valence-electron chi connectivity index (χ3n) is 5.16. The molecule has 2 aliphatic rings. The summed E-state index contributed by atoms with van der Waals surface area (Å²) in [6, 6.07) is 11.5. The molecule has 0 aromatic heterocycles. The van der Waals surface area contributed by atoms with Crippen LogP contribution >= 0.6 is 0 Å². The minimum Gasteiger partial charge on any atom is -0.396 e. The molecule has 3 nitrogen and oxygen atoms in total. The number of nitrogens with zero attached hydrogens (tertiary/aromatic N) is 1. The second-order valence-electron chi connectivity index (χ2n) is 6.67. The van der Waals surface area contributed by atoms with Crippen molar-refractivity contribution in [1.29, 1.82) is 0 Å². The molecule has 0 spiro atoms. The van der Waals surface area contributed by atoms with Crippen LogP contribution in [0.25, 0.3) is 0 Å². The fourth-order valence-electron chi connectivity index (χ4n) is 4.15. The van der Waals surface area contributed by atoms with Gasteiger partial charge < -0.3 is 10.4 Å². The lowest BCUT2D eigenvalue weighted by molar-refractivity contribution is 0.214. The molecule has 3 unspecified atom stereocenters. The van der Waals surface area contributed by atoms with Gasteiger partial charge in [-0.25, -0.2) is 0 Å². The van der Waals surface area contributed by atoms with Crippen molar-refractivity contribution >= 4 is 0 Å².